The van der Waals surface area contributed by atoms with Gasteiger partial charge in [-0.2, -0.15) is 0 Å². The average Bonchev–Trinajstić information content (AvgIpc) is 3.45. The molecule has 0 saturated heterocycles. The molecule has 4 aromatic rings. The molecule has 2 amide bonds. The van der Waals surface area contributed by atoms with E-state index in [1.54, 1.807) is 36.5 Å². The number of carbonyl (C=O) groups excluding carboxylic acids is 2. The number of halogens is 2. The van der Waals surface area contributed by atoms with Crippen LogP contribution < -0.4 is 15.0 Å². The Balaban J connectivity index is 1.51. The van der Waals surface area contributed by atoms with Gasteiger partial charge in [0, 0.05) is 23.6 Å². The fraction of sp³-hybridized carbons (Fsp3) is 0.188. The molecular formula is C32H26Cl2N2O4. The zero-order chi connectivity index (χ0) is 27.8. The molecule has 6 nitrogen and oxygen atoms in total. The largest absolute Gasteiger partial charge is 0.497 e. The third-order valence-corrected chi connectivity index (χ3v) is 8.30. The van der Waals surface area contributed by atoms with Crippen LogP contribution in [0.3, 0.4) is 0 Å². The predicted molar refractivity (Wildman–Crippen MR) is 157 cm³/mol. The summed E-state index contributed by atoms with van der Waals surface area (Å²) in [5, 5.41) is 3.71. The Morgan fingerprint density at radius 1 is 0.975 bits per heavy atom. The normalized spacial score (nSPS) is 18.6. The van der Waals surface area contributed by atoms with E-state index in [1.165, 1.54) is 0 Å². The van der Waals surface area contributed by atoms with Gasteiger partial charge in [-0.05, 0) is 72.5 Å². The molecule has 202 valence electrons. The maximum atomic E-state index is 14.2. The molecule has 2 unspecified atom stereocenters. The van der Waals surface area contributed by atoms with Gasteiger partial charge in [0.1, 0.15) is 11.5 Å². The van der Waals surface area contributed by atoms with Crippen LogP contribution in [0.15, 0.2) is 101 Å². The van der Waals surface area contributed by atoms with E-state index in [4.69, 9.17) is 32.4 Å². The van der Waals surface area contributed by atoms with E-state index in [0.29, 0.717) is 46.3 Å². The minimum atomic E-state index is -0.655. The Labute approximate surface area is 242 Å². The lowest BCUT2D eigenvalue weighted by Crippen LogP contribution is -2.41. The summed E-state index contributed by atoms with van der Waals surface area (Å²) in [5.41, 5.74) is 4.65. The van der Waals surface area contributed by atoms with E-state index in [-0.39, 0.29) is 17.7 Å². The molecule has 0 fully saturated rings. The summed E-state index contributed by atoms with van der Waals surface area (Å²) in [5.74, 6) is 1.43. The number of furan rings is 1. The molecule has 1 aromatic heterocycles. The van der Waals surface area contributed by atoms with Crippen molar-refractivity contribution in [2.45, 2.75) is 31.2 Å². The number of allylic oxidation sites excluding steroid dienone is 1. The number of para-hydroxylation sites is 1. The first-order valence-electron chi connectivity index (χ1n) is 13.0. The smallest absolute Gasteiger partial charge is 0.327 e. The summed E-state index contributed by atoms with van der Waals surface area (Å²) >= 11 is 12.3. The number of ketones is 1. The van der Waals surface area contributed by atoms with Crippen molar-refractivity contribution in [2.24, 2.45) is 0 Å². The van der Waals surface area contributed by atoms with Crippen LogP contribution in [0.25, 0.3) is 0 Å². The number of fused-ring (bicyclic) bond motifs is 1. The fourth-order valence-electron chi connectivity index (χ4n) is 5.73. The number of ether oxygens (including phenoxy) is 1. The predicted octanol–water partition coefficient (Wildman–Crippen LogP) is 8.37. The summed E-state index contributed by atoms with van der Waals surface area (Å²) in [7, 11) is 1.61. The van der Waals surface area contributed by atoms with E-state index < -0.39 is 6.04 Å². The molecule has 2 heterocycles. The minimum absolute atomic E-state index is 0.00334. The number of nitrogens with zero attached hydrogens (tertiary/aromatic N) is 1. The molecule has 0 radical (unpaired) electrons. The van der Waals surface area contributed by atoms with Crippen LogP contribution in [0.5, 0.6) is 5.75 Å². The lowest BCUT2D eigenvalue weighted by Gasteiger charge is -2.35. The first-order chi connectivity index (χ1) is 19.4. The SMILES string of the molecule is COc1ccc(C2C3=C(Cc4ccccc4N2C(=O)Nc2ccc(Cl)c(Cl)c2)CC(c2ccco2)CC3=O)cc1. The first kappa shape index (κ1) is 26.2. The van der Waals surface area contributed by atoms with Gasteiger partial charge < -0.3 is 14.5 Å². The van der Waals surface area contributed by atoms with Gasteiger partial charge in [0.25, 0.3) is 0 Å². The van der Waals surface area contributed by atoms with Gasteiger partial charge >= 0.3 is 6.03 Å². The highest BCUT2D eigenvalue weighted by molar-refractivity contribution is 6.42. The zero-order valence-electron chi connectivity index (χ0n) is 21.7. The van der Waals surface area contributed by atoms with E-state index in [1.807, 2.05) is 60.7 Å². The topological polar surface area (TPSA) is 71.8 Å². The van der Waals surface area contributed by atoms with Crippen LogP contribution in [-0.2, 0) is 11.2 Å². The number of benzene rings is 3. The Hall–Kier alpha value is -4.00. The number of rotatable bonds is 4. The number of hydrogen-bond acceptors (Lipinski definition) is 4. The first-order valence-corrected chi connectivity index (χ1v) is 13.7. The van der Waals surface area contributed by atoms with Crippen LogP contribution in [0.4, 0.5) is 16.2 Å². The van der Waals surface area contributed by atoms with Crippen molar-refractivity contribution in [3.63, 3.8) is 0 Å². The fourth-order valence-corrected chi connectivity index (χ4v) is 6.03. The summed E-state index contributed by atoms with van der Waals surface area (Å²) < 4.78 is 11.1. The second-order valence-electron chi connectivity index (χ2n) is 9.97. The van der Waals surface area contributed by atoms with Crippen molar-refractivity contribution in [2.75, 3.05) is 17.3 Å². The Morgan fingerprint density at radius 2 is 1.77 bits per heavy atom. The molecule has 1 aliphatic heterocycles. The number of hydrogen-bond donors (Lipinski definition) is 1. The molecule has 2 atom stereocenters. The van der Waals surface area contributed by atoms with E-state index >= 15 is 0 Å². The van der Waals surface area contributed by atoms with Crippen molar-refractivity contribution < 1.29 is 18.7 Å². The maximum Gasteiger partial charge on any atom is 0.327 e. The van der Waals surface area contributed by atoms with E-state index in [9.17, 15) is 9.59 Å². The molecule has 6 rings (SSSR count). The second-order valence-corrected chi connectivity index (χ2v) is 10.8. The van der Waals surface area contributed by atoms with Gasteiger partial charge in [-0.1, -0.05) is 59.1 Å². The summed E-state index contributed by atoms with van der Waals surface area (Å²) in [6.45, 7) is 0. The summed E-state index contributed by atoms with van der Waals surface area (Å²) in [4.78, 5) is 29.9. The molecule has 0 spiro atoms. The van der Waals surface area contributed by atoms with Gasteiger partial charge in [-0.3, -0.25) is 9.69 Å². The van der Waals surface area contributed by atoms with Crippen LogP contribution in [-0.4, -0.2) is 18.9 Å². The van der Waals surface area contributed by atoms with Crippen molar-refractivity contribution in [3.05, 3.63) is 123 Å². The molecule has 0 saturated carbocycles. The second kappa shape index (κ2) is 10.9. The van der Waals surface area contributed by atoms with Gasteiger partial charge in [-0.15, -0.1) is 0 Å². The lowest BCUT2D eigenvalue weighted by atomic mass is 9.76. The van der Waals surface area contributed by atoms with Gasteiger partial charge in [-0.25, -0.2) is 4.79 Å². The lowest BCUT2D eigenvalue weighted by molar-refractivity contribution is -0.116. The summed E-state index contributed by atoms with van der Waals surface area (Å²) in [6, 6.07) is 23.0. The number of nitrogens with one attached hydrogen (secondary N) is 1. The van der Waals surface area contributed by atoms with Crippen LogP contribution in [0.1, 0.15) is 41.7 Å². The summed E-state index contributed by atoms with van der Waals surface area (Å²) in [6.07, 6.45) is 3.16. The average molecular weight is 573 g/mol. The van der Waals surface area contributed by atoms with Crippen molar-refractivity contribution >= 4 is 46.4 Å². The monoisotopic (exact) mass is 572 g/mol. The number of Topliss-reactive ketones (excluding diaryl/α,β-unsaturated/α-hetero) is 1. The molecule has 1 aliphatic carbocycles. The van der Waals surface area contributed by atoms with Gasteiger partial charge in [0.15, 0.2) is 5.78 Å². The number of anilines is 2. The number of carbonyl (C=O) groups is 2. The van der Waals surface area contributed by atoms with Crippen molar-refractivity contribution in [3.8, 4) is 5.75 Å². The Bertz CT molecular complexity index is 1610. The number of methoxy groups -OCH3 is 1. The number of urea groups is 1. The standard InChI is InChI=1S/C32H26Cl2N2O4/c1-39-24-11-8-19(9-12-24)31-30-22(16-21(17-28(30)37)29-7-4-14-40-29)15-20-5-2-3-6-27(20)36(31)32(38)35-23-10-13-25(33)26(34)18-23/h2-14,18,21,31H,15-17H2,1H3,(H,35,38). The molecule has 2 aliphatic rings. The molecule has 8 heteroatoms. The van der Waals surface area contributed by atoms with Crippen molar-refractivity contribution in [1.82, 2.24) is 0 Å². The van der Waals surface area contributed by atoms with Crippen LogP contribution in [0, 0.1) is 0 Å². The van der Waals surface area contributed by atoms with Crippen LogP contribution in [0.2, 0.25) is 10.0 Å². The maximum absolute atomic E-state index is 14.2. The highest BCUT2D eigenvalue weighted by Crippen LogP contribution is 2.47. The molecule has 40 heavy (non-hydrogen) atoms. The van der Waals surface area contributed by atoms with Gasteiger partial charge in [0.05, 0.1) is 35.1 Å². The molecule has 0 bridgehead atoms. The van der Waals surface area contributed by atoms with Gasteiger partial charge in [0.2, 0.25) is 0 Å². The third-order valence-electron chi connectivity index (χ3n) is 7.56. The zero-order valence-corrected chi connectivity index (χ0v) is 23.2. The van der Waals surface area contributed by atoms with E-state index in [0.717, 1.165) is 28.1 Å². The quantitative estimate of drug-likeness (QED) is 0.266. The molecule has 1 N–H and O–H groups in total. The van der Waals surface area contributed by atoms with E-state index in [2.05, 4.69) is 5.32 Å². The Morgan fingerprint density at radius 3 is 2.50 bits per heavy atom. The van der Waals surface area contributed by atoms with Crippen molar-refractivity contribution in [1.29, 1.82) is 0 Å². The highest BCUT2D eigenvalue weighted by Gasteiger charge is 2.42. The Kier molecular flexibility index (Phi) is 7.13. The van der Waals surface area contributed by atoms with Crippen LogP contribution >= 0.6 is 23.2 Å². The number of amides is 2. The molecular weight excluding hydrogens is 547 g/mol. The molecule has 3 aromatic carbocycles. The highest BCUT2D eigenvalue weighted by atomic mass is 35.5. The third kappa shape index (κ3) is 4.89. The minimum Gasteiger partial charge on any atom is -0.497 e.